The van der Waals surface area contributed by atoms with E-state index in [1.165, 1.54) is 6.07 Å². The first-order valence-corrected chi connectivity index (χ1v) is 9.26. The molecule has 0 radical (unpaired) electrons. The fourth-order valence-electron chi connectivity index (χ4n) is 4.71. The summed E-state index contributed by atoms with van der Waals surface area (Å²) in [5.41, 5.74) is 2.38. The lowest BCUT2D eigenvalue weighted by molar-refractivity contribution is 0.0984. The molecule has 0 bridgehead atoms. The zero-order valence-corrected chi connectivity index (χ0v) is 14.8. The van der Waals surface area contributed by atoms with E-state index in [1.807, 2.05) is 24.3 Å². The molecule has 0 atom stereocenters. The van der Waals surface area contributed by atoms with Crippen LogP contribution in [0.5, 0.6) is 0 Å². The van der Waals surface area contributed by atoms with Crippen molar-refractivity contribution in [3.05, 3.63) is 71.8 Å². The summed E-state index contributed by atoms with van der Waals surface area (Å²) < 4.78 is 16.4. The molecule has 5 nitrogen and oxygen atoms in total. The van der Waals surface area contributed by atoms with Gasteiger partial charge in [-0.3, -0.25) is 4.79 Å². The molecule has 1 fully saturated rings. The van der Waals surface area contributed by atoms with Crippen LogP contribution in [-0.2, 0) is 5.41 Å². The molecule has 0 N–H and O–H groups in total. The van der Waals surface area contributed by atoms with Crippen molar-refractivity contribution in [3.63, 3.8) is 0 Å². The Hall–Kier alpha value is -3.02. The number of hydrogen-bond acceptors (Lipinski definition) is 3. The molecule has 2 aliphatic rings. The number of benzene rings is 2. The predicted octanol–water partition coefficient (Wildman–Crippen LogP) is 3.88. The lowest BCUT2D eigenvalue weighted by Gasteiger charge is -2.25. The van der Waals surface area contributed by atoms with Crippen LogP contribution < -0.4 is 4.90 Å². The molecule has 0 unspecified atom stereocenters. The highest BCUT2D eigenvalue weighted by atomic mass is 19.1. The van der Waals surface area contributed by atoms with Crippen LogP contribution in [0.15, 0.2) is 54.9 Å². The summed E-state index contributed by atoms with van der Waals surface area (Å²) in [4.78, 5) is 15.3. The van der Waals surface area contributed by atoms with Crippen LogP contribution in [0.3, 0.4) is 0 Å². The van der Waals surface area contributed by atoms with Gasteiger partial charge in [0.25, 0.3) is 5.91 Å². The van der Waals surface area contributed by atoms with Crippen LogP contribution in [0, 0.1) is 5.82 Å². The molecular formula is C21H19FN4O. The van der Waals surface area contributed by atoms with Gasteiger partial charge in [0.15, 0.2) is 0 Å². The van der Waals surface area contributed by atoms with Crippen molar-refractivity contribution in [1.29, 1.82) is 0 Å². The normalized spacial score (nSPS) is 17.4. The molecule has 1 amide bonds. The van der Waals surface area contributed by atoms with Crippen molar-refractivity contribution in [2.24, 2.45) is 0 Å². The van der Waals surface area contributed by atoms with E-state index in [2.05, 4.69) is 10.3 Å². The van der Waals surface area contributed by atoms with E-state index in [1.54, 1.807) is 34.1 Å². The van der Waals surface area contributed by atoms with E-state index in [0.29, 0.717) is 29.0 Å². The Morgan fingerprint density at radius 2 is 1.81 bits per heavy atom. The minimum absolute atomic E-state index is 0.128. The third-order valence-corrected chi connectivity index (χ3v) is 5.88. The number of halogens is 1. The molecular weight excluding hydrogens is 343 g/mol. The van der Waals surface area contributed by atoms with Gasteiger partial charge in [-0.05, 0) is 37.1 Å². The van der Waals surface area contributed by atoms with E-state index < -0.39 is 0 Å². The van der Waals surface area contributed by atoms with Crippen LogP contribution in [0.1, 0.15) is 41.6 Å². The lowest BCUT2D eigenvalue weighted by Crippen LogP contribution is -2.36. The second kappa shape index (κ2) is 6.01. The molecule has 6 heteroatoms. The Labute approximate surface area is 156 Å². The predicted molar refractivity (Wildman–Crippen MR) is 99.6 cm³/mol. The number of hydrogen-bond donors (Lipinski definition) is 0. The molecule has 1 aliphatic carbocycles. The second-order valence-electron chi connectivity index (χ2n) is 7.38. The summed E-state index contributed by atoms with van der Waals surface area (Å²) in [6, 6.07) is 12.4. The molecule has 27 heavy (non-hydrogen) atoms. The van der Waals surface area contributed by atoms with Crippen LogP contribution in [0.4, 0.5) is 10.1 Å². The second-order valence-corrected chi connectivity index (χ2v) is 7.38. The quantitative estimate of drug-likeness (QED) is 0.695. The van der Waals surface area contributed by atoms with E-state index in [4.69, 9.17) is 0 Å². The molecule has 2 aromatic carbocycles. The summed E-state index contributed by atoms with van der Waals surface area (Å²) in [6.07, 6.45) is 7.29. The largest absolute Gasteiger partial charge is 0.307 e. The van der Waals surface area contributed by atoms with Gasteiger partial charge in [0, 0.05) is 17.5 Å². The zero-order valence-electron chi connectivity index (χ0n) is 14.8. The van der Waals surface area contributed by atoms with Gasteiger partial charge in [-0.25, -0.2) is 9.07 Å². The van der Waals surface area contributed by atoms with Crippen LogP contribution in [-0.4, -0.2) is 27.4 Å². The van der Waals surface area contributed by atoms with Crippen molar-refractivity contribution in [3.8, 4) is 5.69 Å². The number of nitrogens with zero attached hydrogens (tertiary/aromatic N) is 4. The number of anilines is 1. The highest BCUT2D eigenvalue weighted by Crippen LogP contribution is 2.51. The van der Waals surface area contributed by atoms with Gasteiger partial charge in [-0.15, -0.1) is 5.10 Å². The van der Waals surface area contributed by atoms with Gasteiger partial charge in [0.05, 0.1) is 29.3 Å². The number of para-hydroxylation sites is 1. The SMILES string of the molecule is O=C(c1ccccc1-n1ccnn1)N1CC2(CCCC2)c2c(F)cccc21. The molecule has 136 valence electrons. The first-order valence-electron chi connectivity index (χ1n) is 9.26. The summed E-state index contributed by atoms with van der Waals surface area (Å²) in [7, 11) is 0. The maximum absolute atomic E-state index is 14.8. The first kappa shape index (κ1) is 16.2. The van der Waals surface area contributed by atoms with Crippen molar-refractivity contribution >= 4 is 11.6 Å². The topological polar surface area (TPSA) is 51.0 Å². The van der Waals surface area contributed by atoms with Crippen LogP contribution >= 0.6 is 0 Å². The van der Waals surface area contributed by atoms with Gasteiger partial charge in [0.1, 0.15) is 5.82 Å². The van der Waals surface area contributed by atoms with Gasteiger partial charge < -0.3 is 4.90 Å². The lowest BCUT2D eigenvalue weighted by atomic mass is 9.80. The zero-order chi connectivity index (χ0) is 18.4. The average Bonchev–Trinajstić information content (AvgIpc) is 3.43. The Balaban J connectivity index is 1.61. The number of aromatic nitrogens is 3. The smallest absolute Gasteiger partial charge is 0.260 e. The van der Waals surface area contributed by atoms with Crippen molar-refractivity contribution in [2.75, 3.05) is 11.4 Å². The highest BCUT2D eigenvalue weighted by molar-refractivity contribution is 6.10. The van der Waals surface area contributed by atoms with Gasteiger partial charge in [-0.1, -0.05) is 36.3 Å². The number of amides is 1. The van der Waals surface area contributed by atoms with E-state index in [9.17, 15) is 9.18 Å². The molecule has 0 saturated heterocycles. The van der Waals surface area contributed by atoms with E-state index in [0.717, 1.165) is 25.7 Å². The molecule has 1 spiro atoms. The number of carbonyl (C=O) groups is 1. The Bertz CT molecular complexity index is 1010. The summed E-state index contributed by atoms with van der Waals surface area (Å²) in [6.45, 7) is 0.536. The monoisotopic (exact) mass is 362 g/mol. The number of carbonyl (C=O) groups excluding carboxylic acids is 1. The molecule has 5 rings (SSSR count). The van der Waals surface area contributed by atoms with E-state index >= 15 is 0 Å². The Morgan fingerprint density at radius 1 is 1.04 bits per heavy atom. The number of fused-ring (bicyclic) bond motifs is 2. The fraction of sp³-hybridized carbons (Fsp3) is 0.286. The van der Waals surface area contributed by atoms with Gasteiger partial charge in [-0.2, -0.15) is 0 Å². The van der Waals surface area contributed by atoms with Gasteiger partial charge >= 0.3 is 0 Å². The third-order valence-electron chi connectivity index (χ3n) is 5.88. The maximum Gasteiger partial charge on any atom is 0.260 e. The average molecular weight is 362 g/mol. The summed E-state index contributed by atoms with van der Waals surface area (Å²) in [5.74, 6) is -0.328. The minimum atomic E-state index is -0.251. The van der Waals surface area contributed by atoms with Crippen LogP contribution in [0.2, 0.25) is 0 Å². The molecule has 3 aromatic rings. The standard InChI is InChI=1S/C21H19FN4O/c22-16-7-5-9-18-19(16)21(10-3-4-11-21)14-25(18)20(27)15-6-1-2-8-17(15)26-13-12-23-24-26/h1-2,5-9,12-13H,3-4,10-11,14H2. The molecule has 1 saturated carbocycles. The first-order chi connectivity index (χ1) is 13.2. The highest BCUT2D eigenvalue weighted by Gasteiger charge is 2.48. The number of rotatable bonds is 2. The van der Waals surface area contributed by atoms with Crippen molar-refractivity contribution in [1.82, 2.24) is 15.0 Å². The van der Waals surface area contributed by atoms with E-state index in [-0.39, 0.29) is 17.1 Å². The maximum atomic E-state index is 14.8. The molecule has 2 heterocycles. The fourth-order valence-corrected chi connectivity index (χ4v) is 4.71. The Kier molecular flexibility index (Phi) is 3.60. The van der Waals surface area contributed by atoms with Crippen LogP contribution in [0.25, 0.3) is 5.69 Å². The van der Waals surface area contributed by atoms with Gasteiger partial charge in [0.2, 0.25) is 0 Å². The van der Waals surface area contributed by atoms with Crippen molar-refractivity contribution < 1.29 is 9.18 Å². The minimum Gasteiger partial charge on any atom is -0.307 e. The molecule has 1 aliphatic heterocycles. The Morgan fingerprint density at radius 3 is 2.59 bits per heavy atom. The molecule has 1 aromatic heterocycles. The summed E-state index contributed by atoms with van der Waals surface area (Å²) >= 11 is 0. The third kappa shape index (κ3) is 2.40. The van der Waals surface area contributed by atoms with Crippen molar-refractivity contribution in [2.45, 2.75) is 31.1 Å². The summed E-state index contributed by atoms with van der Waals surface area (Å²) in [5, 5.41) is 7.86.